The number of hydrogen-bond acceptors (Lipinski definition) is 3. The van der Waals surface area contributed by atoms with Crippen LogP contribution in [0.2, 0.25) is 5.02 Å². The molecule has 6 heteroatoms. The fourth-order valence-electron chi connectivity index (χ4n) is 4.21. The van der Waals surface area contributed by atoms with Gasteiger partial charge in [0.15, 0.2) is 5.76 Å². The molecule has 1 N–H and O–H groups in total. The van der Waals surface area contributed by atoms with Crippen LogP contribution in [0.3, 0.4) is 0 Å². The van der Waals surface area contributed by atoms with E-state index in [-0.39, 0.29) is 36.3 Å². The molecular weight excluding hydrogens is 412 g/mol. The quantitative estimate of drug-likeness (QED) is 0.700. The summed E-state index contributed by atoms with van der Waals surface area (Å²) in [6.07, 6.45) is 5.41. The first kappa shape index (κ1) is 21.4. The van der Waals surface area contributed by atoms with Crippen LogP contribution in [0.1, 0.15) is 42.4 Å². The summed E-state index contributed by atoms with van der Waals surface area (Å²) in [5.74, 6) is -0.173. The van der Waals surface area contributed by atoms with Crippen molar-refractivity contribution in [1.29, 1.82) is 0 Å². The Balaban J connectivity index is 1.49. The van der Waals surface area contributed by atoms with Crippen molar-refractivity contribution < 1.29 is 14.3 Å². The van der Waals surface area contributed by atoms with Gasteiger partial charge in [0, 0.05) is 11.6 Å². The van der Waals surface area contributed by atoms with E-state index in [1.165, 1.54) is 5.56 Å². The van der Waals surface area contributed by atoms with Crippen LogP contribution in [0.15, 0.2) is 54.3 Å². The Morgan fingerprint density at radius 3 is 2.68 bits per heavy atom. The molecule has 2 aromatic carbocycles. The largest absolute Gasteiger partial charge is 0.482 e. The summed E-state index contributed by atoms with van der Waals surface area (Å²) < 4.78 is 6.09. The second kappa shape index (κ2) is 9.56. The van der Waals surface area contributed by atoms with E-state index in [1.807, 2.05) is 49.4 Å². The van der Waals surface area contributed by atoms with E-state index in [9.17, 15) is 9.59 Å². The van der Waals surface area contributed by atoms with Crippen molar-refractivity contribution in [2.45, 2.75) is 51.3 Å². The number of benzene rings is 2. The topological polar surface area (TPSA) is 58.6 Å². The molecule has 31 heavy (non-hydrogen) atoms. The number of hydrogen-bond donors (Lipinski definition) is 1. The first-order valence-electron chi connectivity index (χ1n) is 10.8. The normalized spacial score (nSPS) is 22.1. The SMILES string of the molecule is Cc1ccc(CNC(=O)CN2C(=O)/C(=C\c3ccccc3Cl)OC3CCCCC32)cc1. The van der Waals surface area contributed by atoms with E-state index in [0.29, 0.717) is 11.6 Å². The van der Waals surface area contributed by atoms with Crippen molar-refractivity contribution in [3.05, 3.63) is 76.0 Å². The van der Waals surface area contributed by atoms with Gasteiger partial charge in [0.1, 0.15) is 12.6 Å². The molecule has 2 aromatic rings. The number of rotatable bonds is 5. The molecule has 2 aliphatic rings. The third kappa shape index (κ3) is 5.10. The van der Waals surface area contributed by atoms with E-state index in [0.717, 1.165) is 36.8 Å². The molecule has 1 heterocycles. The molecular formula is C25H27ClN2O3. The first-order chi connectivity index (χ1) is 15.0. The van der Waals surface area contributed by atoms with Crippen LogP contribution >= 0.6 is 11.6 Å². The average Bonchev–Trinajstić information content (AvgIpc) is 2.77. The van der Waals surface area contributed by atoms with Crippen LogP contribution in [-0.4, -0.2) is 35.4 Å². The summed E-state index contributed by atoms with van der Waals surface area (Å²) in [5.41, 5.74) is 2.93. The number of halogens is 1. The molecule has 4 rings (SSSR count). The maximum absolute atomic E-state index is 13.3. The highest BCUT2D eigenvalue weighted by Crippen LogP contribution is 2.33. The van der Waals surface area contributed by atoms with Crippen LogP contribution in [-0.2, 0) is 20.9 Å². The summed E-state index contributed by atoms with van der Waals surface area (Å²) >= 11 is 6.27. The fourth-order valence-corrected chi connectivity index (χ4v) is 4.40. The zero-order chi connectivity index (χ0) is 21.8. The van der Waals surface area contributed by atoms with Crippen molar-refractivity contribution in [1.82, 2.24) is 10.2 Å². The maximum Gasteiger partial charge on any atom is 0.289 e. The molecule has 1 aliphatic heterocycles. The predicted octanol–water partition coefficient (Wildman–Crippen LogP) is 4.48. The van der Waals surface area contributed by atoms with E-state index in [4.69, 9.17) is 16.3 Å². The van der Waals surface area contributed by atoms with E-state index < -0.39 is 0 Å². The Morgan fingerprint density at radius 2 is 1.90 bits per heavy atom. The van der Waals surface area contributed by atoms with Gasteiger partial charge in [-0.25, -0.2) is 0 Å². The van der Waals surface area contributed by atoms with Crippen LogP contribution < -0.4 is 5.32 Å². The monoisotopic (exact) mass is 438 g/mol. The molecule has 2 atom stereocenters. The predicted molar refractivity (Wildman–Crippen MR) is 121 cm³/mol. The lowest BCUT2D eigenvalue weighted by molar-refractivity contribution is -0.151. The Bertz CT molecular complexity index is 987. The zero-order valence-electron chi connectivity index (χ0n) is 17.6. The van der Waals surface area contributed by atoms with E-state index >= 15 is 0 Å². The minimum absolute atomic E-state index is 0.0229. The molecule has 0 aromatic heterocycles. The Labute approximate surface area is 188 Å². The molecule has 1 saturated carbocycles. The summed E-state index contributed by atoms with van der Waals surface area (Å²) in [4.78, 5) is 27.6. The second-order valence-electron chi connectivity index (χ2n) is 8.23. The highest BCUT2D eigenvalue weighted by Gasteiger charge is 2.42. The minimum Gasteiger partial charge on any atom is -0.482 e. The van der Waals surface area contributed by atoms with Crippen LogP contribution in [0.4, 0.5) is 0 Å². The van der Waals surface area contributed by atoms with Gasteiger partial charge < -0.3 is 15.0 Å². The van der Waals surface area contributed by atoms with E-state index in [1.54, 1.807) is 17.0 Å². The molecule has 2 fully saturated rings. The average molecular weight is 439 g/mol. The van der Waals surface area contributed by atoms with Gasteiger partial charge >= 0.3 is 0 Å². The lowest BCUT2D eigenvalue weighted by atomic mass is 9.89. The van der Waals surface area contributed by atoms with Gasteiger partial charge in [0.25, 0.3) is 5.91 Å². The van der Waals surface area contributed by atoms with Gasteiger partial charge in [-0.15, -0.1) is 0 Å². The van der Waals surface area contributed by atoms with Gasteiger partial charge in [-0.05, 0) is 49.5 Å². The fraction of sp³-hybridized carbons (Fsp3) is 0.360. The first-order valence-corrected chi connectivity index (χ1v) is 11.1. The van der Waals surface area contributed by atoms with Gasteiger partial charge in [-0.1, -0.05) is 66.0 Å². The summed E-state index contributed by atoms with van der Waals surface area (Å²) in [6, 6.07) is 15.3. The Kier molecular flexibility index (Phi) is 6.62. The summed E-state index contributed by atoms with van der Waals surface area (Å²) in [6.45, 7) is 2.49. The van der Waals surface area contributed by atoms with Gasteiger partial charge in [0.2, 0.25) is 5.91 Å². The lowest BCUT2D eigenvalue weighted by Gasteiger charge is -2.44. The number of nitrogens with one attached hydrogen (secondary N) is 1. The molecule has 162 valence electrons. The van der Waals surface area contributed by atoms with Crippen molar-refractivity contribution in [2.24, 2.45) is 0 Å². The second-order valence-corrected chi connectivity index (χ2v) is 8.64. The van der Waals surface area contributed by atoms with Crippen LogP contribution in [0, 0.1) is 6.92 Å². The number of ether oxygens (including phenoxy) is 1. The molecule has 1 aliphatic carbocycles. The zero-order valence-corrected chi connectivity index (χ0v) is 18.4. The standard InChI is InChI=1S/C25H27ClN2O3/c1-17-10-12-18(13-11-17)15-27-24(29)16-28-21-8-4-5-9-22(21)31-23(25(28)30)14-19-6-2-3-7-20(19)26/h2-3,6-7,10-14,21-22H,4-5,8-9,15-16H2,1H3,(H,27,29)/b23-14+. The maximum atomic E-state index is 13.3. The molecule has 2 unspecified atom stereocenters. The van der Waals surface area contributed by atoms with Crippen molar-refractivity contribution in [3.63, 3.8) is 0 Å². The smallest absolute Gasteiger partial charge is 0.289 e. The van der Waals surface area contributed by atoms with Crippen LogP contribution in [0.5, 0.6) is 0 Å². The van der Waals surface area contributed by atoms with Gasteiger partial charge in [0.05, 0.1) is 6.04 Å². The molecule has 0 bridgehead atoms. The third-order valence-electron chi connectivity index (χ3n) is 5.93. The number of fused-ring (bicyclic) bond motifs is 1. The van der Waals surface area contributed by atoms with Crippen molar-refractivity contribution in [3.8, 4) is 0 Å². The summed E-state index contributed by atoms with van der Waals surface area (Å²) in [5, 5.41) is 3.50. The number of nitrogens with zero attached hydrogens (tertiary/aromatic N) is 1. The van der Waals surface area contributed by atoms with Crippen LogP contribution in [0.25, 0.3) is 6.08 Å². The number of aryl methyl sites for hydroxylation is 1. The minimum atomic E-state index is -0.256. The summed E-state index contributed by atoms with van der Waals surface area (Å²) in [7, 11) is 0. The van der Waals surface area contributed by atoms with Crippen molar-refractivity contribution in [2.75, 3.05) is 6.54 Å². The molecule has 2 amide bonds. The number of carbonyl (C=O) groups is 2. The Hall–Kier alpha value is -2.79. The highest BCUT2D eigenvalue weighted by molar-refractivity contribution is 6.32. The Morgan fingerprint density at radius 1 is 1.16 bits per heavy atom. The van der Waals surface area contributed by atoms with Crippen molar-refractivity contribution >= 4 is 29.5 Å². The number of morpholine rings is 1. The third-order valence-corrected chi connectivity index (χ3v) is 6.28. The lowest BCUT2D eigenvalue weighted by Crippen LogP contribution is -2.57. The van der Waals surface area contributed by atoms with Gasteiger partial charge in [-0.3, -0.25) is 9.59 Å². The van der Waals surface area contributed by atoms with E-state index in [2.05, 4.69) is 5.32 Å². The number of amides is 2. The number of carbonyl (C=O) groups excluding carboxylic acids is 2. The molecule has 0 radical (unpaired) electrons. The highest BCUT2D eigenvalue weighted by atomic mass is 35.5. The molecule has 5 nitrogen and oxygen atoms in total. The molecule has 0 spiro atoms. The van der Waals surface area contributed by atoms with Gasteiger partial charge in [-0.2, -0.15) is 0 Å². The molecule has 1 saturated heterocycles.